The fourth-order valence-corrected chi connectivity index (χ4v) is 4.13. The number of aromatic nitrogens is 2. The summed E-state index contributed by atoms with van der Waals surface area (Å²) in [5, 5.41) is 6.94. The van der Waals surface area contributed by atoms with E-state index < -0.39 is 10.0 Å². The molecule has 0 aliphatic rings. The van der Waals surface area contributed by atoms with Crippen molar-refractivity contribution in [1.82, 2.24) is 9.78 Å². The SMILES string of the molecule is COc1ccc(NC(C)=O)cc1NS(=O)(=O)c1cn(Cc2ccccc2)nc1C. The van der Waals surface area contributed by atoms with Crippen molar-refractivity contribution in [3.8, 4) is 5.75 Å². The summed E-state index contributed by atoms with van der Waals surface area (Å²) in [6, 6.07) is 14.3. The Hall–Kier alpha value is -3.33. The lowest BCUT2D eigenvalue weighted by atomic mass is 10.2. The van der Waals surface area contributed by atoms with Crippen LogP contribution in [0, 0.1) is 6.92 Å². The fraction of sp³-hybridized carbons (Fsp3) is 0.200. The number of carbonyl (C=O) groups excluding carboxylic acids is 1. The highest BCUT2D eigenvalue weighted by Crippen LogP contribution is 2.30. The zero-order valence-corrected chi connectivity index (χ0v) is 17.2. The number of anilines is 2. The molecule has 0 aliphatic heterocycles. The standard InChI is InChI=1S/C20H22N4O4S/c1-14-20(13-24(22-14)12-16-7-5-4-6-8-16)29(26,27)23-18-11-17(21-15(2)25)9-10-19(18)28-3/h4-11,13,23H,12H2,1-3H3,(H,21,25). The summed E-state index contributed by atoms with van der Waals surface area (Å²) >= 11 is 0. The fourth-order valence-electron chi connectivity index (χ4n) is 2.88. The van der Waals surface area contributed by atoms with Crippen LogP contribution >= 0.6 is 0 Å². The van der Waals surface area contributed by atoms with Crippen molar-refractivity contribution in [1.29, 1.82) is 0 Å². The number of rotatable bonds is 7. The number of aryl methyl sites for hydroxylation is 1. The largest absolute Gasteiger partial charge is 0.495 e. The van der Waals surface area contributed by atoms with Crippen LogP contribution in [0.4, 0.5) is 11.4 Å². The maximum atomic E-state index is 13.0. The van der Waals surface area contributed by atoms with Gasteiger partial charge < -0.3 is 10.1 Å². The van der Waals surface area contributed by atoms with Gasteiger partial charge in [-0.1, -0.05) is 30.3 Å². The molecular weight excluding hydrogens is 392 g/mol. The Morgan fingerprint density at radius 2 is 1.90 bits per heavy atom. The van der Waals surface area contributed by atoms with E-state index in [0.29, 0.717) is 23.7 Å². The Balaban J connectivity index is 1.89. The highest BCUT2D eigenvalue weighted by molar-refractivity contribution is 7.92. The summed E-state index contributed by atoms with van der Waals surface area (Å²) < 4.78 is 35.3. The van der Waals surface area contributed by atoms with Crippen molar-refractivity contribution in [2.45, 2.75) is 25.3 Å². The van der Waals surface area contributed by atoms with E-state index in [2.05, 4.69) is 15.1 Å². The number of hydrogen-bond donors (Lipinski definition) is 2. The van der Waals surface area contributed by atoms with Crippen LogP contribution in [0.5, 0.6) is 5.75 Å². The van der Waals surface area contributed by atoms with Crippen LogP contribution in [0.3, 0.4) is 0 Å². The van der Waals surface area contributed by atoms with E-state index in [-0.39, 0.29) is 16.5 Å². The van der Waals surface area contributed by atoms with Gasteiger partial charge in [0.1, 0.15) is 10.6 Å². The number of sulfonamides is 1. The monoisotopic (exact) mass is 414 g/mol. The second-order valence-corrected chi connectivity index (χ2v) is 8.11. The van der Waals surface area contributed by atoms with E-state index in [1.54, 1.807) is 23.7 Å². The number of amides is 1. The number of nitrogens with zero attached hydrogens (tertiary/aromatic N) is 2. The van der Waals surface area contributed by atoms with Gasteiger partial charge in [0.05, 0.1) is 25.0 Å². The van der Waals surface area contributed by atoms with Gasteiger partial charge in [0.25, 0.3) is 10.0 Å². The van der Waals surface area contributed by atoms with Gasteiger partial charge in [-0.2, -0.15) is 5.10 Å². The van der Waals surface area contributed by atoms with Crippen molar-refractivity contribution < 1.29 is 17.9 Å². The van der Waals surface area contributed by atoms with Gasteiger partial charge in [-0.3, -0.25) is 14.2 Å². The maximum absolute atomic E-state index is 13.0. The highest BCUT2D eigenvalue weighted by Gasteiger charge is 2.22. The molecule has 0 saturated carbocycles. The van der Waals surface area contributed by atoms with Crippen LogP contribution < -0.4 is 14.8 Å². The van der Waals surface area contributed by atoms with E-state index in [1.807, 2.05) is 30.3 Å². The smallest absolute Gasteiger partial charge is 0.265 e. The molecule has 0 spiro atoms. The molecule has 29 heavy (non-hydrogen) atoms. The molecule has 1 heterocycles. The lowest BCUT2D eigenvalue weighted by molar-refractivity contribution is -0.114. The molecular formula is C20H22N4O4S. The van der Waals surface area contributed by atoms with Crippen LogP contribution in [0.25, 0.3) is 0 Å². The molecule has 2 N–H and O–H groups in total. The zero-order valence-electron chi connectivity index (χ0n) is 16.3. The molecule has 0 radical (unpaired) electrons. The first-order chi connectivity index (χ1) is 13.8. The molecule has 3 rings (SSSR count). The average Bonchev–Trinajstić information content (AvgIpc) is 3.03. The molecule has 0 saturated heterocycles. The molecule has 0 fully saturated rings. The molecule has 152 valence electrons. The third-order valence-corrected chi connectivity index (χ3v) is 5.61. The van der Waals surface area contributed by atoms with E-state index in [0.717, 1.165) is 5.56 Å². The number of nitrogens with one attached hydrogen (secondary N) is 2. The number of hydrogen-bond acceptors (Lipinski definition) is 5. The second kappa shape index (κ2) is 8.36. The Bertz CT molecular complexity index is 1120. The quantitative estimate of drug-likeness (QED) is 0.619. The first-order valence-electron chi connectivity index (χ1n) is 8.85. The topological polar surface area (TPSA) is 102 Å². The Kier molecular flexibility index (Phi) is 5.88. The van der Waals surface area contributed by atoms with E-state index in [4.69, 9.17) is 4.74 Å². The molecule has 0 atom stereocenters. The summed E-state index contributed by atoms with van der Waals surface area (Å²) in [6.45, 7) is 3.47. The molecule has 0 bridgehead atoms. The highest BCUT2D eigenvalue weighted by atomic mass is 32.2. The summed E-state index contributed by atoms with van der Waals surface area (Å²) in [6.07, 6.45) is 1.49. The summed E-state index contributed by atoms with van der Waals surface area (Å²) in [4.78, 5) is 11.4. The van der Waals surface area contributed by atoms with Gasteiger partial charge in [0, 0.05) is 18.8 Å². The van der Waals surface area contributed by atoms with Gasteiger partial charge in [0.15, 0.2) is 0 Å². The molecule has 3 aromatic rings. The van der Waals surface area contributed by atoms with Gasteiger partial charge in [-0.05, 0) is 30.7 Å². The minimum Gasteiger partial charge on any atom is -0.495 e. The van der Waals surface area contributed by atoms with E-state index >= 15 is 0 Å². The minimum absolute atomic E-state index is 0.0698. The first-order valence-corrected chi connectivity index (χ1v) is 10.3. The molecule has 9 heteroatoms. The molecule has 2 aromatic carbocycles. The van der Waals surface area contributed by atoms with Gasteiger partial charge in [0.2, 0.25) is 5.91 Å². The third-order valence-electron chi connectivity index (χ3n) is 4.14. The van der Waals surface area contributed by atoms with Gasteiger partial charge in [-0.15, -0.1) is 0 Å². The van der Waals surface area contributed by atoms with Gasteiger partial charge >= 0.3 is 0 Å². The lowest BCUT2D eigenvalue weighted by Crippen LogP contribution is -2.15. The summed E-state index contributed by atoms with van der Waals surface area (Å²) in [5.41, 5.74) is 2.06. The number of methoxy groups -OCH3 is 1. The maximum Gasteiger partial charge on any atom is 0.265 e. The van der Waals surface area contributed by atoms with Crippen LogP contribution in [-0.4, -0.2) is 31.2 Å². The molecule has 1 amide bonds. The second-order valence-electron chi connectivity index (χ2n) is 6.46. The van der Waals surface area contributed by atoms with Crippen LogP contribution in [-0.2, 0) is 21.4 Å². The zero-order chi connectivity index (χ0) is 21.0. The van der Waals surface area contributed by atoms with Crippen LogP contribution in [0.15, 0.2) is 59.6 Å². The molecule has 8 nitrogen and oxygen atoms in total. The predicted octanol–water partition coefficient (Wildman–Crippen LogP) is 3.01. The summed E-state index contributed by atoms with van der Waals surface area (Å²) in [5.74, 6) is 0.0685. The first kappa shape index (κ1) is 20.4. The van der Waals surface area contributed by atoms with Crippen molar-refractivity contribution >= 4 is 27.3 Å². The normalized spacial score (nSPS) is 11.1. The van der Waals surface area contributed by atoms with Crippen molar-refractivity contribution in [2.24, 2.45) is 0 Å². The molecule has 0 aliphatic carbocycles. The number of ether oxygens (including phenoxy) is 1. The Labute approximate surface area is 169 Å². The van der Waals surface area contributed by atoms with Crippen LogP contribution in [0.2, 0.25) is 0 Å². The lowest BCUT2D eigenvalue weighted by Gasteiger charge is -2.13. The predicted molar refractivity (Wildman–Crippen MR) is 111 cm³/mol. The van der Waals surface area contributed by atoms with E-state index in [9.17, 15) is 13.2 Å². The van der Waals surface area contributed by atoms with Crippen molar-refractivity contribution in [3.63, 3.8) is 0 Å². The Morgan fingerprint density at radius 1 is 1.17 bits per heavy atom. The third kappa shape index (κ3) is 4.94. The number of carbonyl (C=O) groups is 1. The Morgan fingerprint density at radius 3 is 2.55 bits per heavy atom. The van der Waals surface area contributed by atoms with Crippen molar-refractivity contribution in [3.05, 3.63) is 66.0 Å². The number of benzene rings is 2. The van der Waals surface area contributed by atoms with Crippen LogP contribution in [0.1, 0.15) is 18.2 Å². The molecule has 1 aromatic heterocycles. The minimum atomic E-state index is -3.92. The van der Waals surface area contributed by atoms with E-state index in [1.165, 1.54) is 26.3 Å². The summed E-state index contributed by atoms with van der Waals surface area (Å²) in [7, 11) is -2.48. The van der Waals surface area contributed by atoms with Crippen molar-refractivity contribution in [2.75, 3.05) is 17.1 Å². The average molecular weight is 414 g/mol. The van der Waals surface area contributed by atoms with Gasteiger partial charge in [-0.25, -0.2) is 8.42 Å². The molecule has 0 unspecified atom stereocenters.